The molecule has 0 aromatic heterocycles. The molecule has 0 saturated heterocycles. The molecule has 0 heterocycles. The Hall–Kier alpha value is -3.15. The molecule has 30 heavy (non-hydrogen) atoms. The maximum Gasteiger partial charge on any atom is 0.338 e. The summed E-state index contributed by atoms with van der Waals surface area (Å²) in [7, 11) is 0. The van der Waals surface area contributed by atoms with Gasteiger partial charge in [0.2, 0.25) is 11.8 Å². The van der Waals surface area contributed by atoms with E-state index in [1.54, 1.807) is 24.3 Å². The molecule has 2 aromatic carbocycles. The van der Waals surface area contributed by atoms with Crippen LogP contribution in [0, 0.1) is 12.3 Å². The van der Waals surface area contributed by atoms with Crippen molar-refractivity contribution in [3.05, 3.63) is 65.2 Å². The van der Waals surface area contributed by atoms with E-state index in [-0.39, 0.29) is 25.0 Å². The topological polar surface area (TPSA) is 84.5 Å². The molecule has 0 atom stereocenters. The second-order valence-corrected chi connectivity index (χ2v) is 8.26. The van der Waals surface area contributed by atoms with E-state index in [1.165, 1.54) is 5.56 Å². The number of rotatable bonds is 8. The summed E-state index contributed by atoms with van der Waals surface area (Å²) in [6, 6.07) is 14.7. The van der Waals surface area contributed by atoms with Crippen LogP contribution in [0.3, 0.4) is 0 Å². The number of hydrogen-bond donors (Lipinski definition) is 2. The van der Waals surface area contributed by atoms with Crippen LogP contribution < -0.4 is 10.6 Å². The van der Waals surface area contributed by atoms with Crippen LogP contribution in [0.5, 0.6) is 0 Å². The molecular formula is C24H30N2O4. The summed E-state index contributed by atoms with van der Waals surface area (Å²) in [4.78, 5) is 36.2. The van der Waals surface area contributed by atoms with Gasteiger partial charge < -0.3 is 15.4 Å². The van der Waals surface area contributed by atoms with Gasteiger partial charge in [0.05, 0.1) is 12.1 Å². The van der Waals surface area contributed by atoms with E-state index in [9.17, 15) is 14.4 Å². The van der Waals surface area contributed by atoms with E-state index in [2.05, 4.69) is 10.6 Å². The Morgan fingerprint density at radius 2 is 1.70 bits per heavy atom. The van der Waals surface area contributed by atoms with Crippen LogP contribution >= 0.6 is 0 Å². The van der Waals surface area contributed by atoms with E-state index in [4.69, 9.17) is 4.74 Å². The predicted molar refractivity (Wildman–Crippen MR) is 117 cm³/mol. The van der Waals surface area contributed by atoms with E-state index >= 15 is 0 Å². The van der Waals surface area contributed by atoms with Gasteiger partial charge in [0, 0.05) is 17.5 Å². The van der Waals surface area contributed by atoms with Crippen LogP contribution in [-0.4, -0.2) is 30.9 Å². The molecule has 6 heteroatoms. The molecule has 0 aliphatic rings. The van der Waals surface area contributed by atoms with Crippen molar-refractivity contribution in [1.29, 1.82) is 0 Å². The number of nitrogens with one attached hydrogen (secondary N) is 2. The highest BCUT2D eigenvalue weighted by Crippen LogP contribution is 2.18. The Bertz CT molecular complexity index is 883. The minimum Gasteiger partial charge on any atom is -0.460 e. The molecule has 2 aromatic rings. The summed E-state index contributed by atoms with van der Waals surface area (Å²) < 4.78 is 5.22. The Morgan fingerprint density at radius 1 is 1.00 bits per heavy atom. The number of hydrogen-bond acceptors (Lipinski definition) is 4. The first kappa shape index (κ1) is 23.1. The zero-order valence-corrected chi connectivity index (χ0v) is 18.1. The van der Waals surface area contributed by atoms with Gasteiger partial charge in [-0.25, -0.2) is 4.79 Å². The molecule has 0 fully saturated rings. The van der Waals surface area contributed by atoms with Gasteiger partial charge in [0.25, 0.3) is 0 Å². The lowest BCUT2D eigenvalue weighted by Crippen LogP contribution is -2.28. The van der Waals surface area contributed by atoms with Gasteiger partial charge in [-0.05, 0) is 37.1 Å². The zero-order chi connectivity index (χ0) is 22.1. The smallest absolute Gasteiger partial charge is 0.338 e. The Balaban J connectivity index is 1.72. The molecule has 2 amide bonds. The number of carbonyl (C=O) groups excluding carboxylic acids is 3. The van der Waals surface area contributed by atoms with Gasteiger partial charge in [-0.3, -0.25) is 9.59 Å². The average molecular weight is 411 g/mol. The van der Waals surface area contributed by atoms with Gasteiger partial charge in [-0.15, -0.1) is 0 Å². The third kappa shape index (κ3) is 7.70. The van der Waals surface area contributed by atoms with Crippen molar-refractivity contribution in [2.24, 2.45) is 5.41 Å². The molecule has 2 rings (SSSR count). The maximum atomic E-state index is 12.2. The first-order valence-electron chi connectivity index (χ1n) is 10.1. The van der Waals surface area contributed by atoms with Crippen molar-refractivity contribution >= 4 is 23.5 Å². The minimum atomic E-state index is -0.534. The molecule has 0 unspecified atom stereocenters. The van der Waals surface area contributed by atoms with Crippen LogP contribution in [0.4, 0.5) is 5.69 Å². The van der Waals surface area contributed by atoms with Crippen molar-refractivity contribution < 1.29 is 19.1 Å². The van der Waals surface area contributed by atoms with Gasteiger partial charge in [0.15, 0.2) is 0 Å². The molecule has 0 spiro atoms. The summed E-state index contributed by atoms with van der Waals surface area (Å²) in [6.45, 7) is 7.79. The number of anilines is 1. The summed E-state index contributed by atoms with van der Waals surface area (Å²) in [5.41, 5.74) is 2.64. The highest BCUT2D eigenvalue weighted by molar-refractivity contribution is 5.96. The fourth-order valence-electron chi connectivity index (χ4n) is 2.56. The number of carbonyl (C=O) groups is 3. The third-order valence-electron chi connectivity index (χ3n) is 4.46. The summed E-state index contributed by atoms with van der Waals surface area (Å²) >= 11 is 0. The van der Waals surface area contributed by atoms with E-state index in [0.717, 1.165) is 5.56 Å². The SMILES string of the molecule is Cc1ccc(CCC(=O)NCCOC(=O)c2cccc(NC(=O)C(C)(C)C)c2)cc1. The van der Waals surface area contributed by atoms with Crippen LogP contribution in [0.25, 0.3) is 0 Å². The lowest BCUT2D eigenvalue weighted by atomic mass is 9.95. The number of aryl methyl sites for hydroxylation is 2. The molecule has 2 N–H and O–H groups in total. The highest BCUT2D eigenvalue weighted by Gasteiger charge is 2.21. The van der Waals surface area contributed by atoms with Crippen molar-refractivity contribution in [3.63, 3.8) is 0 Å². The van der Waals surface area contributed by atoms with Gasteiger partial charge in [0.1, 0.15) is 6.61 Å². The first-order chi connectivity index (χ1) is 14.1. The summed E-state index contributed by atoms with van der Waals surface area (Å²) in [5.74, 6) is -0.726. The van der Waals surface area contributed by atoms with Crippen LogP contribution in [0.2, 0.25) is 0 Å². The van der Waals surface area contributed by atoms with Crippen LogP contribution in [0.15, 0.2) is 48.5 Å². The second-order valence-electron chi connectivity index (χ2n) is 8.26. The van der Waals surface area contributed by atoms with E-state index in [1.807, 2.05) is 52.0 Å². The average Bonchev–Trinajstić information content (AvgIpc) is 2.70. The van der Waals surface area contributed by atoms with Crippen molar-refractivity contribution in [2.45, 2.75) is 40.5 Å². The highest BCUT2D eigenvalue weighted by atomic mass is 16.5. The first-order valence-corrected chi connectivity index (χ1v) is 10.1. The predicted octanol–water partition coefficient (Wildman–Crippen LogP) is 3.89. The number of amides is 2. The number of esters is 1. The van der Waals surface area contributed by atoms with Crippen molar-refractivity contribution in [1.82, 2.24) is 5.32 Å². The Kier molecular flexibility index (Phi) is 8.16. The van der Waals surface area contributed by atoms with E-state index < -0.39 is 11.4 Å². The monoisotopic (exact) mass is 410 g/mol. The Labute approximate surface area is 178 Å². The minimum absolute atomic E-state index is 0.0771. The molecule has 0 aliphatic heterocycles. The normalized spacial score (nSPS) is 10.9. The van der Waals surface area contributed by atoms with Crippen LogP contribution in [0.1, 0.15) is 48.7 Å². The Morgan fingerprint density at radius 3 is 2.37 bits per heavy atom. The third-order valence-corrected chi connectivity index (χ3v) is 4.46. The molecule has 160 valence electrons. The van der Waals surface area contributed by atoms with Crippen molar-refractivity contribution in [3.8, 4) is 0 Å². The molecular weight excluding hydrogens is 380 g/mol. The molecule has 0 radical (unpaired) electrons. The van der Waals surface area contributed by atoms with Gasteiger partial charge in [-0.1, -0.05) is 56.7 Å². The van der Waals surface area contributed by atoms with E-state index in [0.29, 0.717) is 24.1 Å². The fraction of sp³-hybridized carbons (Fsp3) is 0.375. The van der Waals surface area contributed by atoms with Gasteiger partial charge in [-0.2, -0.15) is 0 Å². The largest absolute Gasteiger partial charge is 0.460 e. The molecule has 6 nitrogen and oxygen atoms in total. The molecule has 0 aliphatic carbocycles. The lowest BCUT2D eigenvalue weighted by molar-refractivity contribution is -0.123. The quantitative estimate of drug-likeness (QED) is 0.511. The number of benzene rings is 2. The zero-order valence-electron chi connectivity index (χ0n) is 18.1. The lowest BCUT2D eigenvalue weighted by Gasteiger charge is -2.17. The maximum absolute atomic E-state index is 12.2. The van der Waals surface area contributed by atoms with Crippen LogP contribution in [-0.2, 0) is 20.7 Å². The number of ether oxygens (including phenoxy) is 1. The standard InChI is InChI=1S/C24H30N2O4/c1-17-8-10-18(11-9-17)12-13-21(27)25-14-15-30-22(28)19-6-5-7-20(16-19)26-23(29)24(2,3)4/h5-11,16H,12-15H2,1-4H3,(H,25,27)(H,26,29). The summed E-state index contributed by atoms with van der Waals surface area (Å²) in [6.07, 6.45) is 1.05. The summed E-state index contributed by atoms with van der Waals surface area (Å²) in [5, 5.41) is 5.54. The molecule has 0 bridgehead atoms. The fourth-order valence-corrected chi connectivity index (χ4v) is 2.56. The second kappa shape index (κ2) is 10.6. The van der Waals surface area contributed by atoms with Crippen molar-refractivity contribution in [2.75, 3.05) is 18.5 Å². The molecule has 0 saturated carbocycles. The van der Waals surface area contributed by atoms with Gasteiger partial charge >= 0.3 is 5.97 Å².